The van der Waals surface area contributed by atoms with Crippen molar-refractivity contribution in [3.63, 3.8) is 0 Å². The van der Waals surface area contributed by atoms with Crippen LogP contribution in [-0.4, -0.2) is 34.5 Å². The Bertz CT molecular complexity index is 932. The molecule has 0 saturated heterocycles. The zero-order valence-corrected chi connectivity index (χ0v) is 19.9. The molecule has 2 aromatic carbocycles. The first-order valence-electron chi connectivity index (χ1n) is 8.94. The van der Waals surface area contributed by atoms with Gasteiger partial charge in [0.05, 0.1) is 4.90 Å². The Kier molecular flexibility index (Phi) is 9.50. The minimum absolute atomic E-state index is 0. The monoisotopic (exact) mass is 534 g/mol. The van der Waals surface area contributed by atoms with Crippen LogP contribution >= 0.6 is 24.0 Å². The molecule has 0 aliphatic carbocycles. The Morgan fingerprint density at radius 1 is 1.14 bits per heavy atom. The highest BCUT2D eigenvalue weighted by molar-refractivity contribution is 14.0. The average Bonchev–Trinajstić information content (AvgIpc) is 2.64. The van der Waals surface area contributed by atoms with E-state index in [-0.39, 0.29) is 40.1 Å². The van der Waals surface area contributed by atoms with E-state index in [2.05, 4.69) is 15.6 Å². The van der Waals surface area contributed by atoms with Crippen molar-refractivity contribution in [3.8, 4) is 0 Å². The molecule has 0 bridgehead atoms. The number of aliphatic imine (C=N–C) groups is 1. The molecule has 4 N–H and O–H groups in total. The smallest absolute Gasteiger partial charge is 0.238 e. The molecule has 0 aromatic heterocycles. The lowest BCUT2D eigenvalue weighted by atomic mass is 9.84. The molecule has 0 radical (unpaired) electrons. The summed E-state index contributed by atoms with van der Waals surface area (Å²) < 4.78 is 36.0. The Hall–Kier alpha value is -1.72. The zero-order valence-electron chi connectivity index (χ0n) is 16.8. The van der Waals surface area contributed by atoms with Gasteiger partial charge in [0.1, 0.15) is 5.82 Å². The quantitative estimate of drug-likeness (QED) is 0.289. The predicted octanol–water partition coefficient (Wildman–Crippen LogP) is 2.78. The van der Waals surface area contributed by atoms with Crippen LogP contribution in [0.1, 0.15) is 25.0 Å². The van der Waals surface area contributed by atoms with Gasteiger partial charge in [-0.15, -0.1) is 24.0 Å². The maximum absolute atomic E-state index is 13.5. The summed E-state index contributed by atoms with van der Waals surface area (Å²) in [4.78, 5) is 4.30. The van der Waals surface area contributed by atoms with Gasteiger partial charge in [0, 0.05) is 25.6 Å². The molecule has 0 atom stereocenters. The molecule has 29 heavy (non-hydrogen) atoms. The van der Waals surface area contributed by atoms with Gasteiger partial charge in [0.25, 0.3) is 0 Å². The molecule has 0 fully saturated rings. The number of nitrogens with two attached hydrogens (primary N) is 1. The predicted molar refractivity (Wildman–Crippen MR) is 126 cm³/mol. The van der Waals surface area contributed by atoms with Crippen LogP contribution in [0, 0.1) is 5.82 Å². The second kappa shape index (κ2) is 10.9. The SMILES string of the molecule is CN=C(NCCc1ccc(S(N)(=O)=O)cc1)NCC(C)(C)c1cccc(F)c1.I. The maximum atomic E-state index is 13.5. The fourth-order valence-electron chi connectivity index (χ4n) is 2.71. The lowest BCUT2D eigenvalue weighted by Gasteiger charge is -2.27. The van der Waals surface area contributed by atoms with Crippen LogP contribution in [0.4, 0.5) is 4.39 Å². The van der Waals surface area contributed by atoms with Crippen LogP contribution in [-0.2, 0) is 21.9 Å². The number of guanidine groups is 1. The van der Waals surface area contributed by atoms with Gasteiger partial charge in [-0.1, -0.05) is 38.1 Å². The normalized spacial score (nSPS) is 12.2. The van der Waals surface area contributed by atoms with Crippen molar-refractivity contribution in [1.82, 2.24) is 10.6 Å². The standard InChI is InChI=1S/C20H27FN4O2S.HI/c1-20(2,16-5-4-6-17(21)13-16)14-25-19(23-3)24-12-11-15-7-9-18(10-8-15)28(22,26)27;/h4-10,13H,11-12,14H2,1-3H3,(H2,22,26,27)(H2,23,24,25);1H. The van der Waals surface area contributed by atoms with E-state index in [9.17, 15) is 12.8 Å². The van der Waals surface area contributed by atoms with Crippen LogP contribution in [0.25, 0.3) is 0 Å². The number of sulfonamides is 1. The van der Waals surface area contributed by atoms with E-state index in [0.717, 1.165) is 11.1 Å². The summed E-state index contributed by atoms with van der Waals surface area (Å²) >= 11 is 0. The number of nitrogens with one attached hydrogen (secondary N) is 2. The first-order chi connectivity index (χ1) is 13.1. The van der Waals surface area contributed by atoms with Crippen LogP contribution in [0.15, 0.2) is 58.4 Å². The van der Waals surface area contributed by atoms with Crippen LogP contribution in [0.2, 0.25) is 0 Å². The van der Waals surface area contributed by atoms with E-state index in [4.69, 9.17) is 5.14 Å². The first kappa shape index (κ1) is 25.3. The molecule has 2 aromatic rings. The van der Waals surface area contributed by atoms with E-state index in [1.165, 1.54) is 18.2 Å². The van der Waals surface area contributed by atoms with Crippen molar-refractivity contribution < 1.29 is 12.8 Å². The number of hydrogen-bond acceptors (Lipinski definition) is 3. The Morgan fingerprint density at radius 3 is 2.34 bits per heavy atom. The summed E-state index contributed by atoms with van der Waals surface area (Å²) in [5.74, 6) is 0.396. The molecular weight excluding hydrogens is 506 g/mol. The van der Waals surface area contributed by atoms with E-state index in [0.29, 0.717) is 25.5 Å². The molecule has 0 aliphatic heterocycles. The number of rotatable bonds is 7. The Labute approximate surface area is 189 Å². The summed E-state index contributed by atoms with van der Waals surface area (Å²) in [5.41, 5.74) is 1.62. The second-order valence-corrected chi connectivity index (χ2v) is 8.75. The number of benzene rings is 2. The van der Waals surface area contributed by atoms with Gasteiger partial charge in [0.15, 0.2) is 5.96 Å². The molecule has 2 rings (SSSR count). The topological polar surface area (TPSA) is 96.6 Å². The molecule has 0 heterocycles. The summed E-state index contributed by atoms with van der Waals surface area (Å²) in [5, 5.41) is 11.6. The van der Waals surface area contributed by atoms with Crippen molar-refractivity contribution in [1.29, 1.82) is 0 Å². The summed E-state index contributed by atoms with van der Waals surface area (Å²) in [6.07, 6.45) is 0.693. The fraction of sp³-hybridized carbons (Fsp3) is 0.350. The lowest BCUT2D eigenvalue weighted by molar-refractivity contribution is 0.503. The summed E-state index contributed by atoms with van der Waals surface area (Å²) in [6, 6.07) is 13.1. The third-order valence-electron chi connectivity index (χ3n) is 4.49. The number of hydrogen-bond donors (Lipinski definition) is 3. The number of nitrogens with zero attached hydrogens (tertiary/aromatic N) is 1. The summed E-state index contributed by atoms with van der Waals surface area (Å²) in [7, 11) is -1.99. The van der Waals surface area contributed by atoms with Gasteiger partial charge in [0.2, 0.25) is 10.0 Å². The summed E-state index contributed by atoms with van der Waals surface area (Å²) in [6.45, 7) is 5.28. The molecule has 6 nitrogen and oxygen atoms in total. The third kappa shape index (κ3) is 7.90. The molecule has 160 valence electrons. The Morgan fingerprint density at radius 2 is 1.79 bits per heavy atom. The van der Waals surface area contributed by atoms with Crippen molar-refractivity contribution in [3.05, 3.63) is 65.5 Å². The number of primary sulfonamides is 1. The van der Waals surface area contributed by atoms with Gasteiger partial charge in [-0.3, -0.25) is 4.99 Å². The van der Waals surface area contributed by atoms with Crippen LogP contribution < -0.4 is 15.8 Å². The van der Waals surface area contributed by atoms with Gasteiger partial charge >= 0.3 is 0 Å². The van der Waals surface area contributed by atoms with E-state index >= 15 is 0 Å². The molecule has 0 amide bonds. The highest BCUT2D eigenvalue weighted by Gasteiger charge is 2.21. The molecule has 0 unspecified atom stereocenters. The van der Waals surface area contributed by atoms with Gasteiger partial charge < -0.3 is 10.6 Å². The largest absolute Gasteiger partial charge is 0.356 e. The average molecular weight is 534 g/mol. The number of halogens is 2. The fourth-order valence-corrected chi connectivity index (χ4v) is 3.22. The van der Waals surface area contributed by atoms with Gasteiger partial charge in [-0.05, 0) is 41.8 Å². The first-order valence-corrected chi connectivity index (χ1v) is 10.5. The second-order valence-electron chi connectivity index (χ2n) is 7.19. The van der Waals surface area contributed by atoms with Crippen molar-refractivity contribution in [2.45, 2.75) is 30.6 Å². The minimum Gasteiger partial charge on any atom is -0.356 e. The molecular formula is C20H28FIN4O2S. The molecule has 0 spiro atoms. The lowest BCUT2D eigenvalue weighted by Crippen LogP contribution is -2.44. The van der Waals surface area contributed by atoms with Crippen molar-refractivity contribution in [2.75, 3.05) is 20.1 Å². The van der Waals surface area contributed by atoms with Crippen LogP contribution in [0.5, 0.6) is 0 Å². The van der Waals surface area contributed by atoms with Crippen LogP contribution in [0.3, 0.4) is 0 Å². The third-order valence-corrected chi connectivity index (χ3v) is 5.41. The minimum atomic E-state index is -3.67. The van der Waals surface area contributed by atoms with E-state index < -0.39 is 10.0 Å². The zero-order chi connectivity index (χ0) is 20.8. The molecule has 0 aliphatic rings. The highest BCUT2D eigenvalue weighted by atomic mass is 127. The maximum Gasteiger partial charge on any atom is 0.238 e. The van der Waals surface area contributed by atoms with E-state index in [1.54, 1.807) is 31.3 Å². The Balaban J connectivity index is 0.00000420. The molecule has 0 saturated carbocycles. The van der Waals surface area contributed by atoms with Crippen molar-refractivity contribution >= 4 is 40.0 Å². The van der Waals surface area contributed by atoms with Gasteiger partial charge in [-0.2, -0.15) is 0 Å². The molecule has 9 heteroatoms. The highest BCUT2D eigenvalue weighted by Crippen LogP contribution is 2.22. The van der Waals surface area contributed by atoms with Crippen molar-refractivity contribution in [2.24, 2.45) is 10.1 Å². The van der Waals surface area contributed by atoms with Gasteiger partial charge in [-0.25, -0.2) is 17.9 Å². The van der Waals surface area contributed by atoms with E-state index in [1.807, 2.05) is 19.9 Å².